The maximum Gasteiger partial charge on any atom is 0.334 e. The lowest BCUT2D eigenvalue weighted by Gasteiger charge is -2.14. The van der Waals surface area contributed by atoms with E-state index in [0.29, 0.717) is 9.80 Å². The number of carbonyl (C=O) groups is 4. The number of nitrogen functional groups attached to an aromatic ring is 1. The van der Waals surface area contributed by atoms with Crippen LogP contribution in [0, 0.1) is 5.82 Å². The minimum absolute atomic E-state index is 0.0627. The van der Waals surface area contributed by atoms with Gasteiger partial charge in [0.15, 0.2) is 0 Å². The third-order valence-corrected chi connectivity index (χ3v) is 3.02. The number of hydrogen-bond donors (Lipinski definition) is 2. The molecular weight excluding hydrogens is 283 g/mol. The van der Waals surface area contributed by atoms with Crippen molar-refractivity contribution in [1.29, 1.82) is 0 Å². The fourth-order valence-corrected chi connectivity index (χ4v) is 1.84. The van der Waals surface area contributed by atoms with Crippen LogP contribution < -0.4 is 11.3 Å². The molecule has 9 heteroatoms. The Balaban J connectivity index is 2.31. The van der Waals surface area contributed by atoms with Crippen LogP contribution in [-0.4, -0.2) is 40.6 Å². The van der Waals surface area contributed by atoms with Gasteiger partial charge in [-0.1, -0.05) is 0 Å². The third kappa shape index (κ3) is 2.46. The van der Waals surface area contributed by atoms with Gasteiger partial charge in [-0.25, -0.2) is 15.0 Å². The van der Waals surface area contributed by atoms with Gasteiger partial charge in [0.1, 0.15) is 5.82 Å². The van der Waals surface area contributed by atoms with Crippen LogP contribution in [0.25, 0.3) is 0 Å². The topological polar surface area (TPSA) is 113 Å². The number of amides is 5. The molecule has 21 heavy (non-hydrogen) atoms. The van der Waals surface area contributed by atoms with E-state index in [1.54, 1.807) is 0 Å². The Morgan fingerprint density at radius 2 is 1.95 bits per heavy atom. The smallest absolute Gasteiger partial charge is 0.290 e. The van der Waals surface area contributed by atoms with E-state index in [9.17, 15) is 23.6 Å². The Labute approximate surface area is 118 Å². The molecule has 1 fully saturated rings. The van der Waals surface area contributed by atoms with Crippen LogP contribution in [0.3, 0.4) is 0 Å². The number of nitrogens with two attached hydrogens (primary N) is 1. The lowest BCUT2D eigenvalue weighted by Crippen LogP contribution is -2.32. The minimum atomic E-state index is -1.05. The van der Waals surface area contributed by atoms with E-state index < -0.39 is 36.1 Å². The molecule has 0 unspecified atom stereocenters. The predicted molar refractivity (Wildman–Crippen MR) is 66.8 cm³/mol. The first-order valence-corrected chi connectivity index (χ1v) is 5.79. The molecule has 0 atom stereocenters. The second kappa shape index (κ2) is 5.29. The first-order chi connectivity index (χ1) is 9.86. The molecule has 1 aromatic carbocycles. The summed E-state index contributed by atoms with van der Waals surface area (Å²) >= 11 is 0. The zero-order chi connectivity index (χ0) is 15.7. The number of urea groups is 1. The zero-order valence-electron chi connectivity index (χ0n) is 10.9. The van der Waals surface area contributed by atoms with Crippen LogP contribution in [-0.2, 0) is 16.1 Å². The highest BCUT2D eigenvalue weighted by Gasteiger charge is 2.42. The van der Waals surface area contributed by atoms with Crippen molar-refractivity contribution in [2.75, 3.05) is 7.05 Å². The maximum absolute atomic E-state index is 13.7. The number of benzene rings is 1. The van der Waals surface area contributed by atoms with Gasteiger partial charge in [-0.05, 0) is 18.2 Å². The van der Waals surface area contributed by atoms with Gasteiger partial charge in [-0.3, -0.25) is 29.6 Å². The molecule has 0 bridgehead atoms. The maximum atomic E-state index is 13.7. The summed E-state index contributed by atoms with van der Waals surface area (Å²) in [5, 5.41) is 0. The number of imide groups is 2. The largest absolute Gasteiger partial charge is 0.334 e. The van der Waals surface area contributed by atoms with Gasteiger partial charge in [-0.15, -0.1) is 0 Å². The van der Waals surface area contributed by atoms with Crippen molar-refractivity contribution in [3.8, 4) is 0 Å². The Kier molecular flexibility index (Phi) is 3.68. The summed E-state index contributed by atoms with van der Waals surface area (Å²) in [5.74, 6) is 1.57. The number of nitrogens with zero attached hydrogens (tertiary/aromatic N) is 2. The van der Waals surface area contributed by atoms with E-state index in [2.05, 4.69) is 0 Å². The molecule has 0 saturated carbocycles. The van der Waals surface area contributed by atoms with E-state index in [0.717, 1.165) is 19.2 Å². The number of halogens is 1. The van der Waals surface area contributed by atoms with Gasteiger partial charge in [0.2, 0.25) is 0 Å². The van der Waals surface area contributed by atoms with Crippen molar-refractivity contribution in [2.24, 2.45) is 5.84 Å². The van der Waals surface area contributed by atoms with Crippen LogP contribution in [0.4, 0.5) is 9.18 Å². The summed E-state index contributed by atoms with van der Waals surface area (Å²) in [4.78, 5) is 47.3. The van der Waals surface area contributed by atoms with Gasteiger partial charge in [-0.2, -0.15) is 0 Å². The van der Waals surface area contributed by atoms with Gasteiger partial charge >= 0.3 is 17.8 Å². The van der Waals surface area contributed by atoms with Gasteiger partial charge < -0.3 is 0 Å². The first-order valence-electron chi connectivity index (χ1n) is 5.79. The highest BCUT2D eigenvalue weighted by molar-refractivity contribution is 6.44. The number of hydrazine groups is 1. The number of carbonyl (C=O) groups excluding carboxylic acids is 4. The van der Waals surface area contributed by atoms with Gasteiger partial charge in [0.25, 0.3) is 5.91 Å². The fraction of sp³-hybridized carbons (Fsp3) is 0.167. The molecule has 1 heterocycles. The van der Waals surface area contributed by atoms with Crippen molar-refractivity contribution >= 4 is 23.8 Å². The quantitative estimate of drug-likeness (QED) is 0.253. The highest BCUT2D eigenvalue weighted by Crippen LogP contribution is 2.18. The normalized spacial score (nSPS) is 14.9. The summed E-state index contributed by atoms with van der Waals surface area (Å²) in [6, 6.07) is 2.52. The average molecular weight is 294 g/mol. The van der Waals surface area contributed by atoms with Crippen molar-refractivity contribution in [1.82, 2.24) is 15.2 Å². The molecular formula is C12H11FN4O4. The molecule has 8 nitrogen and oxygen atoms in total. The predicted octanol–water partition coefficient (Wildman–Crippen LogP) is -0.650. The number of rotatable bonds is 3. The Morgan fingerprint density at radius 3 is 2.48 bits per heavy atom. The van der Waals surface area contributed by atoms with Crippen LogP contribution in [0.1, 0.15) is 15.9 Å². The standard InChI is InChI=1S/C12H11FN4O4/c1-16-10(19)11(20)17(12(16)21)5-7-4-6(9(18)15-14)2-3-8(7)13/h2-4H,5,14H2,1H3,(H,15,18). The Morgan fingerprint density at radius 1 is 1.29 bits per heavy atom. The molecule has 1 aliphatic heterocycles. The molecule has 1 aliphatic rings. The summed E-state index contributed by atoms with van der Waals surface area (Å²) in [6.07, 6.45) is 0. The van der Waals surface area contributed by atoms with Crippen LogP contribution in [0.5, 0.6) is 0 Å². The molecule has 1 saturated heterocycles. The zero-order valence-corrected chi connectivity index (χ0v) is 10.9. The molecule has 5 amide bonds. The minimum Gasteiger partial charge on any atom is -0.290 e. The molecule has 1 aromatic rings. The molecule has 0 aromatic heterocycles. The van der Waals surface area contributed by atoms with Gasteiger partial charge in [0, 0.05) is 18.2 Å². The van der Waals surface area contributed by atoms with E-state index in [-0.39, 0.29) is 11.1 Å². The third-order valence-electron chi connectivity index (χ3n) is 3.02. The second-order valence-corrected chi connectivity index (χ2v) is 4.32. The number of likely N-dealkylation sites (N-methyl/N-ethyl adjacent to an activating group) is 1. The SMILES string of the molecule is CN1C(=O)C(=O)N(Cc2cc(C(=O)NN)ccc2F)C1=O. The molecule has 110 valence electrons. The van der Waals surface area contributed by atoms with Crippen LogP contribution in [0.15, 0.2) is 18.2 Å². The van der Waals surface area contributed by atoms with E-state index in [4.69, 9.17) is 5.84 Å². The Bertz CT molecular complexity index is 661. The lowest BCUT2D eigenvalue weighted by atomic mass is 10.1. The first kappa shape index (κ1) is 14.6. The van der Waals surface area contributed by atoms with Gasteiger partial charge in [0.05, 0.1) is 6.54 Å². The fourth-order valence-electron chi connectivity index (χ4n) is 1.84. The van der Waals surface area contributed by atoms with Crippen molar-refractivity contribution in [3.05, 3.63) is 35.1 Å². The van der Waals surface area contributed by atoms with Crippen molar-refractivity contribution < 1.29 is 23.6 Å². The molecule has 2 rings (SSSR count). The number of hydrogen-bond acceptors (Lipinski definition) is 5. The Hall–Kier alpha value is -2.81. The monoisotopic (exact) mass is 294 g/mol. The average Bonchev–Trinajstić information content (AvgIpc) is 2.66. The number of nitrogens with one attached hydrogen (secondary N) is 1. The molecule has 3 N–H and O–H groups in total. The van der Waals surface area contributed by atoms with Crippen LogP contribution >= 0.6 is 0 Å². The van der Waals surface area contributed by atoms with Crippen molar-refractivity contribution in [3.63, 3.8) is 0 Å². The lowest BCUT2D eigenvalue weighted by molar-refractivity contribution is -0.143. The van der Waals surface area contributed by atoms with Crippen LogP contribution in [0.2, 0.25) is 0 Å². The summed E-state index contributed by atoms with van der Waals surface area (Å²) < 4.78 is 13.7. The second-order valence-electron chi connectivity index (χ2n) is 4.32. The van der Waals surface area contributed by atoms with E-state index >= 15 is 0 Å². The summed E-state index contributed by atoms with van der Waals surface area (Å²) in [5.41, 5.74) is 1.86. The molecule has 0 radical (unpaired) electrons. The van der Waals surface area contributed by atoms with E-state index in [1.165, 1.54) is 6.07 Å². The summed E-state index contributed by atoms with van der Waals surface area (Å²) in [6.45, 7) is -0.453. The van der Waals surface area contributed by atoms with E-state index in [1.807, 2.05) is 5.43 Å². The molecule has 0 aliphatic carbocycles. The molecule has 0 spiro atoms. The highest BCUT2D eigenvalue weighted by atomic mass is 19.1. The van der Waals surface area contributed by atoms with Crippen molar-refractivity contribution in [2.45, 2.75) is 6.54 Å². The summed E-state index contributed by atoms with van der Waals surface area (Å²) in [7, 11) is 1.15.